The van der Waals surface area contributed by atoms with Crippen LogP contribution in [0.5, 0.6) is 0 Å². The maximum atomic E-state index is 8.73. The molecule has 0 radical (unpaired) electrons. The van der Waals surface area contributed by atoms with Gasteiger partial charge in [-0.1, -0.05) is 6.92 Å². The van der Waals surface area contributed by atoms with Crippen molar-refractivity contribution < 1.29 is 37.9 Å². The van der Waals surface area contributed by atoms with Crippen LogP contribution in [0.15, 0.2) is 0 Å². The Labute approximate surface area is 81.6 Å². The molecular formula is C5H12HgO2S. The molecule has 2 nitrogen and oxygen atoms in total. The van der Waals surface area contributed by atoms with Gasteiger partial charge >= 0.3 is 0 Å². The van der Waals surface area contributed by atoms with Crippen LogP contribution in [0.4, 0.5) is 0 Å². The number of thiol groups is 1. The van der Waals surface area contributed by atoms with Crippen LogP contribution in [0.2, 0.25) is 0 Å². The third-order valence-corrected chi connectivity index (χ3v) is 1.03. The van der Waals surface area contributed by atoms with E-state index in [2.05, 4.69) is 12.6 Å². The fraction of sp³-hybridized carbons (Fsp3) is 1.00. The van der Waals surface area contributed by atoms with E-state index in [4.69, 9.17) is 10.2 Å². The Morgan fingerprint density at radius 1 is 1.56 bits per heavy atom. The summed E-state index contributed by atoms with van der Waals surface area (Å²) in [7, 11) is 0. The summed E-state index contributed by atoms with van der Waals surface area (Å²) in [5, 5.41) is 17.2. The molecule has 2 N–H and O–H groups in total. The molecule has 0 rings (SSSR count). The van der Waals surface area contributed by atoms with Crippen molar-refractivity contribution in [3.05, 3.63) is 0 Å². The molecule has 9 heavy (non-hydrogen) atoms. The molecule has 0 saturated carbocycles. The van der Waals surface area contributed by atoms with Crippen LogP contribution in [0, 0.1) is 0 Å². The molecule has 0 aliphatic rings. The van der Waals surface area contributed by atoms with Crippen LogP contribution in [-0.2, 0) is 27.7 Å². The SMILES string of the molecule is CC(S)CC(O)CO.[Hg]. The summed E-state index contributed by atoms with van der Waals surface area (Å²) in [6, 6.07) is 0. The number of rotatable bonds is 3. The van der Waals surface area contributed by atoms with Crippen LogP contribution in [0.1, 0.15) is 13.3 Å². The minimum atomic E-state index is -0.595. The molecule has 0 aliphatic carbocycles. The second-order valence-corrected chi connectivity index (χ2v) is 2.80. The molecule has 0 aliphatic heterocycles. The predicted molar refractivity (Wildman–Crippen MR) is 36.2 cm³/mol. The summed E-state index contributed by atoms with van der Waals surface area (Å²) in [5.41, 5.74) is 0. The van der Waals surface area contributed by atoms with Crippen molar-refractivity contribution in [2.45, 2.75) is 24.7 Å². The number of hydrogen-bond donors (Lipinski definition) is 3. The molecule has 0 aromatic heterocycles. The van der Waals surface area contributed by atoms with E-state index in [-0.39, 0.29) is 39.5 Å². The van der Waals surface area contributed by atoms with Gasteiger partial charge in [0.05, 0.1) is 12.7 Å². The van der Waals surface area contributed by atoms with E-state index in [9.17, 15) is 0 Å². The van der Waals surface area contributed by atoms with Crippen molar-refractivity contribution in [3.8, 4) is 0 Å². The van der Waals surface area contributed by atoms with E-state index in [0.29, 0.717) is 6.42 Å². The predicted octanol–water partition coefficient (Wildman–Crippen LogP) is 0.0455. The first-order chi connectivity index (χ1) is 3.66. The smallest absolute Gasteiger partial charge is 0.0781 e. The number of aliphatic hydroxyl groups excluding tert-OH is 2. The maximum absolute atomic E-state index is 8.73. The van der Waals surface area contributed by atoms with E-state index in [1.54, 1.807) is 0 Å². The van der Waals surface area contributed by atoms with E-state index in [1.165, 1.54) is 0 Å². The molecule has 4 heteroatoms. The minimum Gasteiger partial charge on any atom is -0.394 e. The van der Waals surface area contributed by atoms with Crippen LogP contribution in [0.25, 0.3) is 0 Å². The summed E-state index contributed by atoms with van der Waals surface area (Å²) >= 11 is 4.02. The molecule has 0 fully saturated rings. The number of hydrogen-bond acceptors (Lipinski definition) is 3. The molecule has 52 valence electrons. The van der Waals surface area contributed by atoms with Gasteiger partial charge in [-0.15, -0.1) is 0 Å². The summed E-state index contributed by atoms with van der Waals surface area (Å²) < 4.78 is 0. The first-order valence-corrected chi connectivity index (χ1v) is 3.15. The van der Waals surface area contributed by atoms with Gasteiger partial charge in [0, 0.05) is 32.9 Å². The van der Waals surface area contributed by atoms with Gasteiger partial charge in [-0.05, 0) is 6.42 Å². The molecule has 0 aromatic rings. The van der Waals surface area contributed by atoms with Crippen molar-refractivity contribution in [2.24, 2.45) is 0 Å². The second-order valence-electron chi connectivity index (χ2n) is 1.92. The van der Waals surface area contributed by atoms with E-state index >= 15 is 0 Å². The average Bonchev–Trinajstić information content (AvgIpc) is 1.65. The van der Waals surface area contributed by atoms with Crippen molar-refractivity contribution in [3.63, 3.8) is 0 Å². The minimum absolute atomic E-state index is 0. The third kappa shape index (κ3) is 9.21. The van der Waals surface area contributed by atoms with Gasteiger partial charge in [-0.25, -0.2) is 0 Å². The van der Waals surface area contributed by atoms with Crippen molar-refractivity contribution >= 4 is 12.6 Å². The third-order valence-electron chi connectivity index (χ3n) is 0.824. The molecular weight excluding hydrogens is 325 g/mol. The Hall–Kier alpha value is 1.21. The Morgan fingerprint density at radius 3 is 2.11 bits per heavy atom. The number of aliphatic hydroxyl groups is 2. The zero-order valence-corrected chi connectivity index (χ0v) is 12.0. The van der Waals surface area contributed by atoms with Gasteiger partial charge in [0.2, 0.25) is 0 Å². The molecule has 0 spiro atoms. The standard InChI is InChI=1S/C5H12O2S.Hg/c1-4(8)2-5(7)3-6;/h4-8H,2-3H2,1H3;. The zero-order chi connectivity index (χ0) is 6.57. The topological polar surface area (TPSA) is 40.5 Å². The quantitative estimate of drug-likeness (QED) is 0.503. The molecule has 0 saturated heterocycles. The Balaban J connectivity index is 0. The first kappa shape index (κ1) is 12.8. The summed E-state index contributed by atoms with van der Waals surface area (Å²) in [6.45, 7) is 1.72. The maximum Gasteiger partial charge on any atom is 0.0781 e. The Bertz CT molecular complexity index is 60.9. The summed E-state index contributed by atoms with van der Waals surface area (Å²) in [5.74, 6) is 0. The van der Waals surface area contributed by atoms with Crippen LogP contribution in [-0.4, -0.2) is 28.2 Å². The fourth-order valence-corrected chi connectivity index (χ4v) is 0.712. The van der Waals surface area contributed by atoms with E-state index in [1.807, 2.05) is 6.92 Å². The molecule has 2 unspecified atom stereocenters. The van der Waals surface area contributed by atoms with Gasteiger partial charge < -0.3 is 10.2 Å². The molecule has 0 bridgehead atoms. The van der Waals surface area contributed by atoms with Gasteiger partial charge in [0.25, 0.3) is 0 Å². The van der Waals surface area contributed by atoms with Crippen molar-refractivity contribution in [1.82, 2.24) is 0 Å². The molecule has 2 atom stereocenters. The molecule has 0 amide bonds. The van der Waals surface area contributed by atoms with Crippen molar-refractivity contribution in [1.29, 1.82) is 0 Å². The van der Waals surface area contributed by atoms with Gasteiger partial charge in [-0.2, -0.15) is 12.6 Å². The summed E-state index contributed by atoms with van der Waals surface area (Å²) in [4.78, 5) is 0. The Morgan fingerprint density at radius 2 is 2.00 bits per heavy atom. The fourth-order valence-electron chi connectivity index (χ4n) is 0.468. The molecule has 0 heterocycles. The zero-order valence-electron chi connectivity index (χ0n) is 5.62. The normalized spacial score (nSPS) is 16.0. The van der Waals surface area contributed by atoms with Gasteiger partial charge in [0.15, 0.2) is 0 Å². The Kier molecular flexibility index (Phi) is 10.4. The van der Waals surface area contributed by atoms with E-state index in [0.717, 1.165) is 0 Å². The monoisotopic (exact) mass is 338 g/mol. The van der Waals surface area contributed by atoms with Gasteiger partial charge in [0.1, 0.15) is 0 Å². The van der Waals surface area contributed by atoms with Crippen LogP contribution >= 0.6 is 12.6 Å². The largest absolute Gasteiger partial charge is 0.394 e. The van der Waals surface area contributed by atoms with E-state index < -0.39 is 6.10 Å². The van der Waals surface area contributed by atoms with Gasteiger partial charge in [-0.3, -0.25) is 0 Å². The average molecular weight is 337 g/mol. The second kappa shape index (κ2) is 7.31. The van der Waals surface area contributed by atoms with Crippen molar-refractivity contribution in [2.75, 3.05) is 6.61 Å². The van der Waals surface area contributed by atoms with Crippen LogP contribution in [0.3, 0.4) is 0 Å². The molecule has 0 aromatic carbocycles. The summed E-state index contributed by atoms with van der Waals surface area (Å²) in [6.07, 6.45) is -0.0397. The first-order valence-electron chi connectivity index (χ1n) is 2.63. The van der Waals surface area contributed by atoms with Crippen LogP contribution < -0.4 is 0 Å².